The minimum Gasteiger partial charge on any atom is -0.391 e. The molecule has 1 heterocycles. The standard InChI is InChI=1S/C11H21N3O/c1-13(2)6-9-5-10(15)7-14(9)11(12)8-3-4-8/h8-10,12,15H,3-7H2,1-2H3. The summed E-state index contributed by atoms with van der Waals surface area (Å²) < 4.78 is 0. The van der Waals surface area contributed by atoms with E-state index >= 15 is 0 Å². The Balaban J connectivity index is 1.97. The summed E-state index contributed by atoms with van der Waals surface area (Å²) in [6, 6.07) is 0.336. The number of nitrogens with one attached hydrogen (secondary N) is 1. The van der Waals surface area contributed by atoms with Gasteiger partial charge in [-0.3, -0.25) is 5.41 Å². The number of likely N-dealkylation sites (N-methyl/N-ethyl adjacent to an activating group) is 1. The van der Waals surface area contributed by atoms with Crippen LogP contribution in [0.25, 0.3) is 0 Å². The molecule has 2 aliphatic rings. The molecule has 1 saturated heterocycles. The third-order valence-corrected chi connectivity index (χ3v) is 3.24. The van der Waals surface area contributed by atoms with Crippen molar-refractivity contribution in [3.05, 3.63) is 0 Å². The Morgan fingerprint density at radius 2 is 2.13 bits per heavy atom. The smallest absolute Gasteiger partial charge is 0.0993 e. The molecule has 2 unspecified atom stereocenters. The Bertz CT molecular complexity index is 250. The summed E-state index contributed by atoms with van der Waals surface area (Å²) in [5.74, 6) is 1.25. The van der Waals surface area contributed by atoms with E-state index in [2.05, 4.69) is 9.80 Å². The summed E-state index contributed by atoms with van der Waals surface area (Å²) in [6.45, 7) is 1.60. The van der Waals surface area contributed by atoms with Crippen molar-refractivity contribution < 1.29 is 5.11 Å². The van der Waals surface area contributed by atoms with Crippen LogP contribution in [-0.2, 0) is 0 Å². The van der Waals surface area contributed by atoms with Gasteiger partial charge < -0.3 is 14.9 Å². The van der Waals surface area contributed by atoms with Gasteiger partial charge in [-0.05, 0) is 33.4 Å². The zero-order chi connectivity index (χ0) is 11.0. The number of hydrogen-bond acceptors (Lipinski definition) is 3. The van der Waals surface area contributed by atoms with Crippen molar-refractivity contribution in [2.75, 3.05) is 27.2 Å². The van der Waals surface area contributed by atoms with Gasteiger partial charge in [0.15, 0.2) is 0 Å². The first-order chi connectivity index (χ1) is 7.08. The minimum absolute atomic E-state index is 0.242. The molecule has 0 spiro atoms. The van der Waals surface area contributed by atoms with Crippen LogP contribution in [0.5, 0.6) is 0 Å². The normalized spacial score (nSPS) is 31.3. The van der Waals surface area contributed by atoms with Gasteiger partial charge in [0.05, 0.1) is 11.9 Å². The largest absolute Gasteiger partial charge is 0.391 e. The summed E-state index contributed by atoms with van der Waals surface area (Å²) in [7, 11) is 4.09. The maximum absolute atomic E-state index is 9.68. The Kier molecular flexibility index (Phi) is 2.98. The number of amidine groups is 1. The zero-order valence-electron chi connectivity index (χ0n) is 9.61. The maximum atomic E-state index is 9.68. The van der Waals surface area contributed by atoms with Crippen LogP contribution < -0.4 is 0 Å². The lowest BCUT2D eigenvalue weighted by Gasteiger charge is -2.28. The van der Waals surface area contributed by atoms with E-state index in [4.69, 9.17) is 5.41 Å². The fraction of sp³-hybridized carbons (Fsp3) is 0.909. The molecule has 0 aromatic heterocycles. The Hall–Kier alpha value is -0.610. The van der Waals surface area contributed by atoms with E-state index in [1.54, 1.807) is 0 Å². The number of rotatable bonds is 3. The Morgan fingerprint density at radius 1 is 1.47 bits per heavy atom. The molecular formula is C11H21N3O. The predicted octanol–water partition coefficient (Wildman–Crippen LogP) is 0.370. The number of nitrogens with zero attached hydrogens (tertiary/aromatic N) is 2. The molecular weight excluding hydrogens is 190 g/mol. The molecule has 0 amide bonds. The molecule has 0 aromatic rings. The molecule has 2 fully saturated rings. The lowest BCUT2D eigenvalue weighted by atomic mass is 10.2. The maximum Gasteiger partial charge on any atom is 0.0993 e. The van der Waals surface area contributed by atoms with Gasteiger partial charge in [0, 0.05) is 25.0 Å². The number of aliphatic hydroxyl groups is 1. The van der Waals surface area contributed by atoms with E-state index in [9.17, 15) is 5.11 Å². The van der Waals surface area contributed by atoms with Crippen LogP contribution in [0.3, 0.4) is 0 Å². The van der Waals surface area contributed by atoms with Gasteiger partial charge in [0.1, 0.15) is 0 Å². The van der Waals surface area contributed by atoms with Crippen molar-refractivity contribution in [3.63, 3.8) is 0 Å². The number of hydrogen-bond donors (Lipinski definition) is 2. The second-order valence-electron chi connectivity index (χ2n) is 5.12. The molecule has 86 valence electrons. The fourth-order valence-electron chi connectivity index (χ4n) is 2.37. The topological polar surface area (TPSA) is 50.6 Å². The summed E-state index contributed by atoms with van der Waals surface area (Å²) >= 11 is 0. The highest BCUT2D eigenvalue weighted by molar-refractivity contribution is 5.84. The van der Waals surface area contributed by atoms with Crippen LogP contribution >= 0.6 is 0 Å². The van der Waals surface area contributed by atoms with Crippen molar-refractivity contribution in [3.8, 4) is 0 Å². The fourth-order valence-corrected chi connectivity index (χ4v) is 2.37. The SMILES string of the molecule is CN(C)CC1CC(O)CN1C(=N)C1CC1. The molecule has 2 N–H and O–H groups in total. The highest BCUT2D eigenvalue weighted by Gasteiger charge is 2.38. The van der Waals surface area contributed by atoms with Crippen molar-refractivity contribution >= 4 is 5.84 Å². The molecule has 0 radical (unpaired) electrons. The van der Waals surface area contributed by atoms with E-state index in [1.165, 1.54) is 12.8 Å². The van der Waals surface area contributed by atoms with Gasteiger partial charge in [-0.1, -0.05) is 0 Å². The van der Waals surface area contributed by atoms with Crippen LogP contribution in [0.15, 0.2) is 0 Å². The second-order valence-corrected chi connectivity index (χ2v) is 5.12. The van der Waals surface area contributed by atoms with Gasteiger partial charge in [0.2, 0.25) is 0 Å². The Morgan fingerprint density at radius 3 is 2.67 bits per heavy atom. The molecule has 4 nitrogen and oxygen atoms in total. The lowest BCUT2D eigenvalue weighted by Crippen LogP contribution is -2.41. The van der Waals surface area contributed by atoms with Gasteiger partial charge >= 0.3 is 0 Å². The van der Waals surface area contributed by atoms with Crippen molar-refractivity contribution in [1.82, 2.24) is 9.80 Å². The first-order valence-corrected chi connectivity index (χ1v) is 5.76. The molecule has 2 rings (SSSR count). The summed E-state index contributed by atoms with van der Waals surface area (Å²) in [4.78, 5) is 4.25. The third kappa shape index (κ3) is 2.49. The molecule has 4 heteroatoms. The molecule has 1 aliphatic carbocycles. The molecule has 15 heavy (non-hydrogen) atoms. The van der Waals surface area contributed by atoms with E-state index in [0.29, 0.717) is 18.5 Å². The number of β-amino-alcohol motifs (C(OH)–C–C–N with tert-alkyl or cyclic N) is 1. The van der Waals surface area contributed by atoms with Crippen molar-refractivity contribution in [2.24, 2.45) is 5.92 Å². The van der Waals surface area contributed by atoms with Crippen LogP contribution in [0, 0.1) is 11.3 Å². The highest BCUT2D eigenvalue weighted by Crippen LogP contribution is 2.34. The monoisotopic (exact) mass is 211 g/mol. The van der Waals surface area contributed by atoms with Crippen LogP contribution in [0.4, 0.5) is 0 Å². The number of aliphatic hydroxyl groups excluding tert-OH is 1. The van der Waals surface area contributed by atoms with E-state index < -0.39 is 0 Å². The predicted molar refractivity (Wildman–Crippen MR) is 60.1 cm³/mol. The van der Waals surface area contributed by atoms with E-state index in [-0.39, 0.29) is 6.10 Å². The van der Waals surface area contributed by atoms with Crippen LogP contribution in [0.1, 0.15) is 19.3 Å². The lowest BCUT2D eigenvalue weighted by molar-refractivity contribution is 0.187. The second kappa shape index (κ2) is 4.10. The molecule has 1 aliphatic heterocycles. The van der Waals surface area contributed by atoms with Crippen LogP contribution in [0.2, 0.25) is 0 Å². The average molecular weight is 211 g/mol. The first kappa shape index (κ1) is 10.9. The van der Waals surface area contributed by atoms with E-state index in [1.807, 2.05) is 14.1 Å². The van der Waals surface area contributed by atoms with Crippen molar-refractivity contribution in [1.29, 1.82) is 5.41 Å². The summed E-state index contributed by atoms with van der Waals surface area (Å²) in [5.41, 5.74) is 0. The van der Waals surface area contributed by atoms with Gasteiger partial charge in [0.25, 0.3) is 0 Å². The first-order valence-electron chi connectivity index (χ1n) is 5.76. The number of likely N-dealkylation sites (tertiary alicyclic amines) is 1. The zero-order valence-corrected chi connectivity index (χ0v) is 9.61. The third-order valence-electron chi connectivity index (χ3n) is 3.24. The average Bonchev–Trinajstić information content (AvgIpc) is 2.90. The van der Waals surface area contributed by atoms with Gasteiger partial charge in [-0.2, -0.15) is 0 Å². The molecule has 0 aromatic carbocycles. The van der Waals surface area contributed by atoms with Gasteiger partial charge in [-0.15, -0.1) is 0 Å². The summed E-state index contributed by atoms with van der Waals surface area (Å²) in [6.07, 6.45) is 2.90. The molecule has 2 atom stereocenters. The Labute approximate surface area is 91.4 Å². The molecule has 1 saturated carbocycles. The molecule has 0 bridgehead atoms. The highest BCUT2D eigenvalue weighted by atomic mass is 16.3. The van der Waals surface area contributed by atoms with Crippen LogP contribution in [-0.4, -0.2) is 60.1 Å². The van der Waals surface area contributed by atoms with Crippen molar-refractivity contribution in [2.45, 2.75) is 31.4 Å². The quantitative estimate of drug-likeness (QED) is 0.524. The minimum atomic E-state index is -0.242. The summed E-state index contributed by atoms with van der Waals surface area (Å²) in [5, 5.41) is 17.7. The van der Waals surface area contributed by atoms with Gasteiger partial charge in [-0.25, -0.2) is 0 Å². The van der Waals surface area contributed by atoms with E-state index in [0.717, 1.165) is 18.8 Å².